The van der Waals surface area contributed by atoms with Crippen LogP contribution in [0.4, 0.5) is 0 Å². The fourth-order valence-corrected chi connectivity index (χ4v) is 4.64. The lowest BCUT2D eigenvalue weighted by molar-refractivity contribution is 0.0407. The molecule has 5 heteroatoms. The molecule has 0 aromatic heterocycles. The van der Waals surface area contributed by atoms with Crippen LogP contribution in [0.1, 0.15) is 72.1 Å². The molecule has 0 radical (unpaired) electrons. The molecular weight excluding hydrogens is 282 g/mol. The zero-order valence-corrected chi connectivity index (χ0v) is 15.7. The lowest BCUT2D eigenvalue weighted by Gasteiger charge is -2.28. The highest BCUT2D eigenvalue weighted by molar-refractivity contribution is 6.59. The summed E-state index contributed by atoms with van der Waals surface area (Å²) in [7, 11) is -2.41. The van der Waals surface area contributed by atoms with Crippen molar-refractivity contribution in [2.45, 2.75) is 84.8 Å². The van der Waals surface area contributed by atoms with E-state index in [0.29, 0.717) is 13.2 Å². The van der Waals surface area contributed by atoms with E-state index in [0.717, 1.165) is 13.0 Å². The predicted octanol–water partition coefficient (Wildman–Crippen LogP) is 4.11. The van der Waals surface area contributed by atoms with Gasteiger partial charge in [0.1, 0.15) is 0 Å². The summed E-state index contributed by atoms with van der Waals surface area (Å²) in [5.74, 6) is 0. The summed E-state index contributed by atoms with van der Waals surface area (Å²) in [4.78, 5) is 0. The van der Waals surface area contributed by atoms with Crippen LogP contribution in [0.5, 0.6) is 0 Å². The highest BCUT2D eigenvalue weighted by atomic mass is 28.4. The first kappa shape index (κ1) is 21.1. The third-order valence-electron chi connectivity index (χ3n) is 3.54. The smallest absolute Gasteiger partial charge is 0.374 e. The number of hydrogen-bond donors (Lipinski definition) is 1. The van der Waals surface area contributed by atoms with E-state index in [9.17, 15) is 0 Å². The molecule has 21 heavy (non-hydrogen) atoms. The number of hydrogen-bond acceptors (Lipinski definition) is 4. The van der Waals surface area contributed by atoms with Gasteiger partial charge in [0.15, 0.2) is 0 Å². The van der Waals surface area contributed by atoms with E-state index in [-0.39, 0.29) is 6.10 Å². The second-order valence-electron chi connectivity index (χ2n) is 5.71. The van der Waals surface area contributed by atoms with Gasteiger partial charge in [0, 0.05) is 25.9 Å². The minimum atomic E-state index is -2.41. The molecule has 0 bridgehead atoms. The summed E-state index contributed by atoms with van der Waals surface area (Å²) in [6.45, 7) is 10.2. The van der Waals surface area contributed by atoms with Crippen LogP contribution >= 0.6 is 0 Å². The second kappa shape index (κ2) is 13.7. The summed E-state index contributed by atoms with van der Waals surface area (Å²) in [6.07, 6.45) is 10.2. The van der Waals surface area contributed by atoms with Gasteiger partial charge in [-0.15, -0.1) is 0 Å². The fourth-order valence-electron chi connectivity index (χ4n) is 2.52. The monoisotopic (exact) mass is 319 g/mol. The summed E-state index contributed by atoms with van der Waals surface area (Å²) >= 11 is 0. The van der Waals surface area contributed by atoms with Crippen LogP contribution in [-0.4, -0.2) is 34.7 Å². The lowest BCUT2D eigenvalue weighted by Crippen LogP contribution is -2.45. The molecular formula is C16H37NO3Si. The maximum absolute atomic E-state index is 6.06. The molecule has 1 unspecified atom stereocenters. The Morgan fingerprint density at radius 3 is 1.81 bits per heavy atom. The van der Waals surface area contributed by atoms with Crippen LogP contribution < -0.4 is 5.73 Å². The molecule has 0 aliphatic rings. The van der Waals surface area contributed by atoms with E-state index in [1.807, 2.05) is 20.4 Å². The Bertz CT molecular complexity index is 224. The maximum Gasteiger partial charge on any atom is 0.497 e. The third-order valence-corrected chi connectivity index (χ3v) is 6.00. The van der Waals surface area contributed by atoms with Crippen molar-refractivity contribution in [3.63, 3.8) is 0 Å². The quantitative estimate of drug-likeness (QED) is 0.364. The summed E-state index contributed by atoms with van der Waals surface area (Å²) < 4.78 is 17.5. The first-order chi connectivity index (χ1) is 10.1. The van der Waals surface area contributed by atoms with Crippen molar-refractivity contribution in [2.75, 3.05) is 19.8 Å². The first-order valence-electron chi connectivity index (χ1n) is 8.73. The van der Waals surface area contributed by atoms with Crippen molar-refractivity contribution >= 4 is 8.80 Å². The Hall–Kier alpha value is 0.0569. The predicted molar refractivity (Wildman–Crippen MR) is 91.4 cm³/mol. The Morgan fingerprint density at radius 2 is 1.33 bits per heavy atom. The van der Waals surface area contributed by atoms with Gasteiger partial charge in [0.05, 0.1) is 0 Å². The van der Waals surface area contributed by atoms with Gasteiger partial charge in [-0.25, -0.2) is 0 Å². The molecule has 0 rings (SSSR count). The zero-order chi connectivity index (χ0) is 16.0. The molecule has 128 valence electrons. The lowest BCUT2D eigenvalue weighted by atomic mass is 10.1. The molecule has 0 amide bonds. The Labute approximate surface area is 133 Å². The van der Waals surface area contributed by atoms with E-state index in [4.69, 9.17) is 19.0 Å². The van der Waals surface area contributed by atoms with Gasteiger partial charge in [-0.05, 0) is 40.2 Å². The van der Waals surface area contributed by atoms with Crippen LogP contribution in [0, 0.1) is 0 Å². The van der Waals surface area contributed by atoms with Crippen LogP contribution in [0.3, 0.4) is 0 Å². The minimum Gasteiger partial charge on any atom is -0.374 e. The van der Waals surface area contributed by atoms with Crippen molar-refractivity contribution in [1.29, 1.82) is 0 Å². The Kier molecular flexibility index (Phi) is 13.7. The number of rotatable bonds is 15. The van der Waals surface area contributed by atoms with Crippen LogP contribution in [0.2, 0.25) is 6.55 Å². The molecule has 0 saturated heterocycles. The number of unbranched alkanes of at least 4 members (excludes halogenated alkanes) is 6. The first-order valence-corrected chi connectivity index (χ1v) is 11.0. The third kappa shape index (κ3) is 12.3. The van der Waals surface area contributed by atoms with E-state index in [2.05, 4.69) is 6.92 Å². The van der Waals surface area contributed by atoms with Crippen molar-refractivity contribution in [2.24, 2.45) is 5.73 Å². The van der Waals surface area contributed by atoms with Crippen molar-refractivity contribution < 1.29 is 13.3 Å². The summed E-state index contributed by atoms with van der Waals surface area (Å²) in [6, 6.07) is 0. The molecule has 0 spiro atoms. The van der Waals surface area contributed by atoms with Crippen molar-refractivity contribution in [3.8, 4) is 0 Å². The van der Waals surface area contributed by atoms with Crippen LogP contribution in [0.15, 0.2) is 0 Å². The minimum absolute atomic E-state index is 0.219. The van der Waals surface area contributed by atoms with Gasteiger partial charge in [-0.3, -0.25) is 0 Å². The topological polar surface area (TPSA) is 53.7 Å². The van der Waals surface area contributed by atoms with Gasteiger partial charge >= 0.3 is 8.80 Å². The Balaban J connectivity index is 3.66. The molecule has 0 fully saturated rings. The van der Waals surface area contributed by atoms with Gasteiger partial charge in [-0.2, -0.15) is 0 Å². The molecule has 0 aromatic carbocycles. The summed E-state index contributed by atoms with van der Waals surface area (Å²) in [5.41, 5.74) is 5.49. The molecule has 4 nitrogen and oxygen atoms in total. The second-order valence-corrected chi connectivity index (χ2v) is 8.25. The molecule has 1 atom stereocenters. The highest BCUT2D eigenvalue weighted by Gasteiger charge is 2.35. The van der Waals surface area contributed by atoms with Gasteiger partial charge in [0.2, 0.25) is 0 Å². The molecule has 0 saturated carbocycles. The SMILES string of the molecule is CCO[Si](C)(OCC)OC(C)CCCCCCCCCN. The van der Waals surface area contributed by atoms with Gasteiger partial charge in [0.25, 0.3) is 0 Å². The maximum atomic E-state index is 6.06. The van der Waals surface area contributed by atoms with E-state index in [1.54, 1.807) is 0 Å². The van der Waals surface area contributed by atoms with Gasteiger partial charge < -0.3 is 19.0 Å². The average Bonchev–Trinajstić information content (AvgIpc) is 2.42. The Morgan fingerprint density at radius 1 is 0.857 bits per heavy atom. The van der Waals surface area contributed by atoms with Crippen molar-refractivity contribution in [3.05, 3.63) is 0 Å². The van der Waals surface area contributed by atoms with Crippen molar-refractivity contribution in [1.82, 2.24) is 0 Å². The van der Waals surface area contributed by atoms with E-state index < -0.39 is 8.80 Å². The molecule has 0 aliphatic heterocycles. The van der Waals surface area contributed by atoms with E-state index in [1.165, 1.54) is 44.9 Å². The van der Waals surface area contributed by atoms with Crippen LogP contribution in [0.25, 0.3) is 0 Å². The normalized spacial score (nSPS) is 13.6. The van der Waals surface area contributed by atoms with Gasteiger partial charge in [-0.1, -0.05) is 38.5 Å². The molecule has 0 aliphatic carbocycles. The van der Waals surface area contributed by atoms with E-state index >= 15 is 0 Å². The highest BCUT2D eigenvalue weighted by Crippen LogP contribution is 2.17. The standard InChI is InChI=1S/C16H37NO3Si/c1-5-18-21(4,19-6-2)20-16(3)14-12-10-8-7-9-11-13-15-17/h16H,5-15,17H2,1-4H3. The fraction of sp³-hybridized carbons (Fsp3) is 1.00. The molecule has 2 N–H and O–H groups in total. The zero-order valence-electron chi connectivity index (χ0n) is 14.7. The molecule has 0 heterocycles. The average molecular weight is 320 g/mol. The van der Waals surface area contributed by atoms with Crippen LogP contribution in [-0.2, 0) is 13.3 Å². The summed E-state index contributed by atoms with van der Waals surface area (Å²) in [5, 5.41) is 0. The molecule has 0 aromatic rings. The number of nitrogens with two attached hydrogens (primary N) is 1. The largest absolute Gasteiger partial charge is 0.497 e.